The van der Waals surface area contributed by atoms with Gasteiger partial charge in [0.1, 0.15) is 0 Å². The molecule has 3 rings (SSSR count). The van der Waals surface area contributed by atoms with Crippen LogP contribution in [-0.2, 0) is 20.7 Å². The van der Waals surface area contributed by atoms with E-state index in [0.717, 1.165) is 51.6 Å². The molecule has 4 atom stereocenters. The fourth-order valence-corrected chi connectivity index (χ4v) is 4.94. The van der Waals surface area contributed by atoms with Gasteiger partial charge in [0.25, 0.3) is 0 Å². The van der Waals surface area contributed by atoms with Gasteiger partial charge in [0.15, 0.2) is 5.78 Å². The second kappa shape index (κ2) is 12.0. The molecular formula is C24H36ClNO3. The molecule has 0 radical (unpaired) electrons. The maximum absolute atomic E-state index is 12.6. The molecule has 1 aromatic rings. The van der Waals surface area contributed by atoms with Gasteiger partial charge in [-0.05, 0) is 68.2 Å². The van der Waals surface area contributed by atoms with Gasteiger partial charge in [0.2, 0.25) is 0 Å². The number of nitrogens with one attached hydrogen (secondary N) is 1. The molecule has 29 heavy (non-hydrogen) atoms. The first kappa shape index (κ1) is 22.7. The zero-order valence-corrected chi connectivity index (χ0v) is 18.4. The van der Waals surface area contributed by atoms with Crippen LogP contribution in [0.5, 0.6) is 0 Å². The van der Waals surface area contributed by atoms with E-state index in [-0.39, 0.29) is 30.0 Å². The van der Waals surface area contributed by atoms with Crippen LogP contribution in [0.2, 0.25) is 0 Å². The van der Waals surface area contributed by atoms with E-state index in [9.17, 15) is 4.79 Å². The number of hydrogen-bond donors (Lipinski definition) is 1. The number of hydrogen-bond acceptors (Lipinski definition) is 4. The molecule has 2 fully saturated rings. The van der Waals surface area contributed by atoms with Crippen molar-refractivity contribution in [2.75, 3.05) is 6.61 Å². The van der Waals surface area contributed by atoms with Gasteiger partial charge in [-0.2, -0.15) is 0 Å². The molecule has 0 aliphatic heterocycles. The molecule has 1 aromatic carbocycles. The third kappa shape index (κ3) is 7.06. The summed E-state index contributed by atoms with van der Waals surface area (Å²) in [6.07, 6.45) is 10.2. The molecule has 2 saturated carbocycles. The van der Waals surface area contributed by atoms with Gasteiger partial charge in [-0.1, -0.05) is 50.1 Å². The lowest BCUT2D eigenvalue weighted by Crippen LogP contribution is -2.40. The normalized spacial score (nSPS) is 29.4. The second-order valence-electron chi connectivity index (χ2n) is 8.75. The Labute approximate surface area is 180 Å². The molecular weight excluding hydrogens is 386 g/mol. The summed E-state index contributed by atoms with van der Waals surface area (Å²) in [5, 5.41) is 0. The zero-order valence-electron chi connectivity index (χ0n) is 17.7. The molecule has 0 amide bonds. The number of ketones is 1. The first-order valence-electron chi connectivity index (χ1n) is 11.4. The van der Waals surface area contributed by atoms with Crippen molar-refractivity contribution < 1.29 is 14.3 Å². The summed E-state index contributed by atoms with van der Waals surface area (Å²) in [5.74, 6) is 0.324. The number of aryl methyl sites for hydroxylation is 1. The molecule has 0 spiro atoms. The predicted octanol–water partition coefficient (Wildman–Crippen LogP) is 5.22. The third-order valence-corrected chi connectivity index (χ3v) is 6.65. The number of benzene rings is 1. The standard InChI is InChI=1S/C24H36ClNO3/c1-18-17-22(27)21(26-25)14-7-15-23(24(18)29-20-12-5-6-13-20)28-16-8-11-19-9-3-2-4-10-19/h2-4,9-10,18,20-21,23-24,26H,5-8,11-17H2,1H3/t18-,21+,23+,24+/m1/s1. The highest BCUT2D eigenvalue weighted by molar-refractivity contribution is 6.15. The van der Waals surface area contributed by atoms with Crippen molar-refractivity contribution in [2.45, 2.75) is 95.5 Å². The lowest BCUT2D eigenvalue weighted by molar-refractivity contribution is -0.133. The van der Waals surface area contributed by atoms with Gasteiger partial charge in [-0.15, -0.1) is 0 Å². The molecule has 162 valence electrons. The Hall–Kier alpha value is -0.940. The van der Waals surface area contributed by atoms with Gasteiger partial charge in [0, 0.05) is 13.0 Å². The van der Waals surface area contributed by atoms with Crippen molar-refractivity contribution in [3.05, 3.63) is 35.9 Å². The topological polar surface area (TPSA) is 47.6 Å². The monoisotopic (exact) mass is 421 g/mol. The fourth-order valence-electron chi connectivity index (χ4n) is 4.71. The highest BCUT2D eigenvalue weighted by atomic mass is 35.5. The fraction of sp³-hybridized carbons (Fsp3) is 0.708. The van der Waals surface area contributed by atoms with Crippen LogP contribution in [0.3, 0.4) is 0 Å². The van der Waals surface area contributed by atoms with Crippen molar-refractivity contribution in [1.82, 2.24) is 4.84 Å². The number of carbonyl (C=O) groups is 1. The summed E-state index contributed by atoms with van der Waals surface area (Å²) >= 11 is 5.84. The summed E-state index contributed by atoms with van der Waals surface area (Å²) in [7, 11) is 0. The van der Waals surface area contributed by atoms with E-state index in [2.05, 4.69) is 36.0 Å². The van der Waals surface area contributed by atoms with Crippen molar-refractivity contribution >= 4 is 17.6 Å². The van der Waals surface area contributed by atoms with Crippen LogP contribution >= 0.6 is 11.8 Å². The quantitative estimate of drug-likeness (QED) is 0.461. The number of ether oxygens (including phenoxy) is 2. The summed E-state index contributed by atoms with van der Waals surface area (Å²) in [4.78, 5) is 15.3. The average molecular weight is 422 g/mol. The van der Waals surface area contributed by atoms with Crippen molar-refractivity contribution in [2.24, 2.45) is 5.92 Å². The molecule has 5 heteroatoms. The molecule has 2 aliphatic rings. The first-order chi connectivity index (χ1) is 14.2. The average Bonchev–Trinajstić information content (AvgIpc) is 3.25. The predicted molar refractivity (Wildman–Crippen MR) is 117 cm³/mol. The summed E-state index contributed by atoms with van der Waals surface area (Å²) in [6.45, 7) is 2.86. The van der Waals surface area contributed by atoms with E-state index < -0.39 is 0 Å². The van der Waals surface area contributed by atoms with Gasteiger partial charge >= 0.3 is 0 Å². The van der Waals surface area contributed by atoms with Crippen LogP contribution in [0.25, 0.3) is 0 Å². The molecule has 0 saturated heterocycles. The number of carbonyl (C=O) groups excluding carboxylic acids is 1. The molecule has 0 heterocycles. The Kier molecular flexibility index (Phi) is 9.44. The molecule has 0 bridgehead atoms. The van der Waals surface area contributed by atoms with Crippen LogP contribution in [0.15, 0.2) is 30.3 Å². The largest absolute Gasteiger partial charge is 0.375 e. The lowest BCUT2D eigenvalue weighted by atomic mass is 9.92. The minimum atomic E-state index is -0.261. The van der Waals surface area contributed by atoms with Crippen LogP contribution < -0.4 is 4.84 Å². The zero-order chi connectivity index (χ0) is 20.5. The van der Waals surface area contributed by atoms with Crippen molar-refractivity contribution in [3.63, 3.8) is 0 Å². The summed E-state index contributed by atoms with van der Waals surface area (Å²) in [6, 6.07) is 10.3. The molecule has 4 nitrogen and oxygen atoms in total. The van der Waals surface area contributed by atoms with Gasteiger partial charge in [-0.25, -0.2) is 4.84 Å². The van der Waals surface area contributed by atoms with E-state index in [4.69, 9.17) is 21.3 Å². The maximum atomic E-state index is 12.6. The maximum Gasteiger partial charge on any atom is 0.151 e. The Morgan fingerprint density at radius 2 is 1.83 bits per heavy atom. The highest BCUT2D eigenvalue weighted by Crippen LogP contribution is 2.31. The van der Waals surface area contributed by atoms with Gasteiger partial charge in [-0.3, -0.25) is 4.79 Å². The Balaban J connectivity index is 1.61. The summed E-state index contributed by atoms with van der Waals surface area (Å²) < 4.78 is 13.0. The van der Waals surface area contributed by atoms with E-state index in [1.165, 1.54) is 18.4 Å². The van der Waals surface area contributed by atoms with Crippen molar-refractivity contribution in [1.29, 1.82) is 0 Å². The highest BCUT2D eigenvalue weighted by Gasteiger charge is 2.35. The minimum Gasteiger partial charge on any atom is -0.375 e. The third-order valence-electron chi connectivity index (χ3n) is 6.39. The number of Topliss-reactive ketones (excluding diaryl/α,β-unsaturated/α-hetero) is 1. The second-order valence-corrected chi connectivity index (χ2v) is 8.96. The molecule has 0 unspecified atom stereocenters. The van der Waals surface area contributed by atoms with E-state index >= 15 is 0 Å². The van der Waals surface area contributed by atoms with Crippen molar-refractivity contribution in [3.8, 4) is 0 Å². The Morgan fingerprint density at radius 1 is 1.07 bits per heavy atom. The van der Waals surface area contributed by atoms with Crippen LogP contribution in [0.1, 0.15) is 70.3 Å². The number of rotatable bonds is 8. The molecule has 1 N–H and O–H groups in total. The first-order valence-corrected chi connectivity index (χ1v) is 11.7. The van der Waals surface area contributed by atoms with Crippen LogP contribution in [0.4, 0.5) is 0 Å². The van der Waals surface area contributed by atoms with Crippen LogP contribution in [0, 0.1) is 5.92 Å². The Morgan fingerprint density at radius 3 is 2.55 bits per heavy atom. The van der Waals surface area contributed by atoms with E-state index in [1.54, 1.807) is 0 Å². The number of halogens is 1. The summed E-state index contributed by atoms with van der Waals surface area (Å²) in [5.41, 5.74) is 1.35. The smallest absolute Gasteiger partial charge is 0.151 e. The minimum absolute atomic E-state index is 0.0205. The van der Waals surface area contributed by atoms with Gasteiger partial charge in [0.05, 0.1) is 24.4 Å². The SMILES string of the molecule is C[C@@H]1CC(=O)[C@@H](NCl)CCC[C@H](OCCCc2ccccc2)[C@H]1OC1CCCC1. The van der Waals surface area contributed by atoms with Gasteiger partial charge < -0.3 is 9.47 Å². The van der Waals surface area contributed by atoms with Crippen LogP contribution in [-0.4, -0.2) is 36.7 Å². The Bertz CT molecular complexity index is 605. The van der Waals surface area contributed by atoms with E-state index in [1.807, 2.05) is 6.07 Å². The molecule has 2 aliphatic carbocycles. The van der Waals surface area contributed by atoms with E-state index in [0.29, 0.717) is 12.5 Å². The molecule has 0 aromatic heterocycles. The lowest BCUT2D eigenvalue weighted by Gasteiger charge is -2.33.